The molecule has 0 unspecified atom stereocenters. The highest BCUT2D eigenvalue weighted by molar-refractivity contribution is 6.10. The summed E-state index contributed by atoms with van der Waals surface area (Å²) >= 11 is 0. The van der Waals surface area contributed by atoms with Gasteiger partial charge in [0.15, 0.2) is 0 Å². The van der Waals surface area contributed by atoms with Crippen LogP contribution in [-0.4, -0.2) is 4.98 Å². The molecule has 0 bridgehead atoms. The number of pyridine rings is 1. The second-order valence-electron chi connectivity index (χ2n) is 7.61. The Balaban J connectivity index is 1.75. The molecule has 3 heteroatoms. The van der Waals surface area contributed by atoms with Crippen LogP contribution in [0.4, 0.5) is 4.39 Å². The molecule has 29 heavy (non-hydrogen) atoms. The minimum atomic E-state index is -0.282. The zero-order chi connectivity index (χ0) is 20.0. The van der Waals surface area contributed by atoms with E-state index in [2.05, 4.69) is 37.0 Å². The van der Waals surface area contributed by atoms with E-state index >= 15 is 0 Å². The van der Waals surface area contributed by atoms with Crippen molar-refractivity contribution >= 4 is 21.9 Å². The molecule has 2 aromatic heterocycles. The SMILES string of the molecule is CC(C)c1ccnc(-c2ccc(F)c3c2oc2cc(-c4ccccc4)ccc23)c1. The molecule has 0 radical (unpaired) electrons. The fraction of sp³-hybridized carbons (Fsp3) is 0.115. The van der Waals surface area contributed by atoms with Gasteiger partial charge in [0.1, 0.15) is 17.0 Å². The molecule has 0 aliphatic carbocycles. The van der Waals surface area contributed by atoms with Gasteiger partial charge in [-0.05, 0) is 59.0 Å². The van der Waals surface area contributed by atoms with Crippen LogP contribution in [-0.2, 0) is 0 Å². The highest BCUT2D eigenvalue weighted by Crippen LogP contribution is 2.38. The van der Waals surface area contributed by atoms with Gasteiger partial charge in [-0.15, -0.1) is 0 Å². The topological polar surface area (TPSA) is 26.0 Å². The first-order valence-electron chi connectivity index (χ1n) is 9.78. The summed E-state index contributed by atoms with van der Waals surface area (Å²) in [5, 5.41) is 1.29. The second-order valence-corrected chi connectivity index (χ2v) is 7.61. The van der Waals surface area contributed by atoms with E-state index in [9.17, 15) is 4.39 Å². The predicted molar refractivity (Wildman–Crippen MR) is 116 cm³/mol. The van der Waals surface area contributed by atoms with E-state index in [1.807, 2.05) is 42.5 Å². The number of fused-ring (bicyclic) bond motifs is 3. The largest absolute Gasteiger partial charge is 0.455 e. The van der Waals surface area contributed by atoms with Crippen molar-refractivity contribution in [2.24, 2.45) is 0 Å². The van der Waals surface area contributed by atoms with Crippen molar-refractivity contribution in [1.29, 1.82) is 0 Å². The third-order valence-electron chi connectivity index (χ3n) is 5.40. The molecule has 0 saturated heterocycles. The van der Waals surface area contributed by atoms with E-state index in [1.54, 1.807) is 12.3 Å². The van der Waals surface area contributed by atoms with Crippen molar-refractivity contribution in [2.45, 2.75) is 19.8 Å². The minimum Gasteiger partial charge on any atom is -0.455 e. The summed E-state index contributed by atoms with van der Waals surface area (Å²) in [5.41, 5.74) is 6.15. The molecular formula is C26H20FNO. The Morgan fingerprint density at radius 2 is 1.69 bits per heavy atom. The maximum Gasteiger partial charge on any atom is 0.147 e. The predicted octanol–water partition coefficient (Wildman–Crippen LogP) is 7.58. The Hall–Kier alpha value is -3.46. The molecule has 3 aromatic carbocycles. The van der Waals surface area contributed by atoms with Gasteiger partial charge in [-0.25, -0.2) is 4.39 Å². The van der Waals surface area contributed by atoms with Crippen molar-refractivity contribution < 1.29 is 8.81 Å². The van der Waals surface area contributed by atoms with E-state index in [1.165, 1.54) is 11.6 Å². The molecule has 0 N–H and O–H groups in total. The van der Waals surface area contributed by atoms with Gasteiger partial charge in [-0.2, -0.15) is 0 Å². The Morgan fingerprint density at radius 1 is 0.862 bits per heavy atom. The maximum atomic E-state index is 14.8. The first kappa shape index (κ1) is 17.6. The molecule has 5 aromatic rings. The summed E-state index contributed by atoms with van der Waals surface area (Å²) in [6.45, 7) is 4.29. The number of furan rings is 1. The van der Waals surface area contributed by atoms with Gasteiger partial charge in [0.05, 0.1) is 11.1 Å². The number of benzene rings is 3. The molecule has 0 atom stereocenters. The fourth-order valence-electron chi connectivity index (χ4n) is 3.80. The van der Waals surface area contributed by atoms with E-state index in [0.717, 1.165) is 27.8 Å². The lowest BCUT2D eigenvalue weighted by molar-refractivity contribution is 0.634. The number of halogens is 1. The molecule has 0 saturated carbocycles. The first-order chi connectivity index (χ1) is 14.1. The van der Waals surface area contributed by atoms with E-state index < -0.39 is 0 Å². The zero-order valence-electron chi connectivity index (χ0n) is 16.3. The molecule has 2 heterocycles. The van der Waals surface area contributed by atoms with Crippen LogP contribution in [0, 0.1) is 5.82 Å². The molecule has 142 valence electrons. The van der Waals surface area contributed by atoms with E-state index in [4.69, 9.17) is 4.42 Å². The van der Waals surface area contributed by atoms with Crippen molar-refractivity contribution in [3.05, 3.63) is 90.4 Å². The van der Waals surface area contributed by atoms with Gasteiger partial charge in [0.2, 0.25) is 0 Å². The van der Waals surface area contributed by atoms with Crippen molar-refractivity contribution in [3.63, 3.8) is 0 Å². The number of hydrogen-bond donors (Lipinski definition) is 0. The lowest BCUT2D eigenvalue weighted by Gasteiger charge is -2.08. The summed E-state index contributed by atoms with van der Waals surface area (Å²) in [6.07, 6.45) is 1.80. The van der Waals surface area contributed by atoms with Crippen LogP contribution in [0.1, 0.15) is 25.3 Å². The molecule has 0 aliphatic rings. The monoisotopic (exact) mass is 381 g/mol. The first-order valence-corrected chi connectivity index (χ1v) is 9.78. The molecular weight excluding hydrogens is 361 g/mol. The van der Waals surface area contributed by atoms with Crippen molar-refractivity contribution in [2.75, 3.05) is 0 Å². The smallest absolute Gasteiger partial charge is 0.147 e. The Morgan fingerprint density at radius 3 is 2.48 bits per heavy atom. The molecule has 0 amide bonds. The van der Waals surface area contributed by atoms with Crippen LogP contribution in [0.25, 0.3) is 44.3 Å². The van der Waals surface area contributed by atoms with Crippen LogP contribution in [0.15, 0.2) is 83.4 Å². The highest BCUT2D eigenvalue weighted by Gasteiger charge is 2.18. The second kappa shape index (κ2) is 6.85. The van der Waals surface area contributed by atoms with Crippen molar-refractivity contribution in [3.8, 4) is 22.4 Å². The molecule has 0 fully saturated rings. The minimum absolute atomic E-state index is 0.282. The third-order valence-corrected chi connectivity index (χ3v) is 5.40. The fourth-order valence-corrected chi connectivity index (χ4v) is 3.80. The average Bonchev–Trinajstić information content (AvgIpc) is 3.14. The summed E-state index contributed by atoms with van der Waals surface area (Å²) in [6, 6.07) is 23.4. The van der Waals surface area contributed by atoms with E-state index in [-0.39, 0.29) is 5.82 Å². The van der Waals surface area contributed by atoms with Gasteiger partial charge in [-0.3, -0.25) is 4.98 Å². The third kappa shape index (κ3) is 2.99. The van der Waals surface area contributed by atoms with Gasteiger partial charge in [-0.1, -0.05) is 50.2 Å². The summed E-state index contributed by atoms with van der Waals surface area (Å²) < 4.78 is 21.0. The van der Waals surface area contributed by atoms with Crippen LogP contribution in [0.5, 0.6) is 0 Å². The van der Waals surface area contributed by atoms with Crippen LogP contribution in [0.3, 0.4) is 0 Å². The number of nitrogens with zero attached hydrogens (tertiary/aromatic N) is 1. The Kier molecular flexibility index (Phi) is 4.17. The van der Waals surface area contributed by atoms with Gasteiger partial charge < -0.3 is 4.42 Å². The lowest BCUT2D eigenvalue weighted by atomic mass is 10.00. The maximum absolute atomic E-state index is 14.8. The lowest BCUT2D eigenvalue weighted by Crippen LogP contribution is -1.91. The van der Waals surface area contributed by atoms with Gasteiger partial charge in [0.25, 0.3) is 0 Å². The molecule has 0 aliphatic heterocycles. The Bertz CT molecular complexity index is 1340. The number of hydrogen-bond acceptors (Lipinski definition) is 2. The number of rotatable bonds is 3. The summed E-state index contributed by atoms with van der Waals surface area (Å²) in [5.74, 6) is 0.103. The quantitative estimate of drug-likeness (QED) is 0.322. The van der Waals surface area contributed by atoms with Gasteiger partial charge in [0, 0.05) is 17.1 Å². The van der Waals surface area contributed by atoms with Crippen LogP contribution in [0.2, 0.25) is 0 Å². The average molecular weight is 381 g/mol. The van der Waals surface area contributed by atoms with Crippen LogP contribution >= 0.6 is 0 Å². The molecule has 0 spiro atoms. The van der Waals surface area contributed by atoms with E-state index in [0.29, 0.717) is 22.5 Å². The summed E-state index contributed by atoms with van der Waals surface area (Å²) in [7, 11) is 0. The molecule has 5 rings (SSSR count). The van der Waals surface area contributed by atoms with Crippen LogP contribution < -0.4 is 0 Å². The van der Waals surface area contributed by atoms with Gasteiger partial charge >= 0.3 is 0 Å². The Labute approximate surface area is 168 Å². The normalized spacial score (nSPS) is 11.6. The molecule has 2 nitrogen and oxygen atoms in total. The standard InChI is InChI=1S/C26H20FNO/c1-16(2)18-12-13-28-23(14-18)20-10-11-22(27)25-21-9-8-19(15-24(21)29-26(20)25)17-6-4-3-5-7-17/h3-16H,1-2H3. The highest BCUT2D eigenvalue weighted by atomic mass is 19.1. The number of aromatic nitrogens is 1. The summed E-state index contributed by atoms with van der Waals surface area (Å²) in [4.78, 5) is 4.52. The van der Waals surface area contributed by atoms with Crippen molar-refractivity contribution in [1.82, 2.24) is 4.98 Å². The zero-order valence-corrected chi connectivity index (χ0v) is 16.3.